The van der Waals surface area contributed by atoms with E-state index in [0.717, 1.165) is 62.8 Å². The lowest BCUT2D eigenvalue weighted by Gasteiger charge is -2.27. The number of hydrazine groups is 1. The first-order chi connectivity index (χ1) is 17.7. The number of hydrogen-bond acceptors (Lipinski definition) is 6. The first-order valence-electron chi connectivity index (χ1n) is 12.7. The summed E-state index contributed by atoms with van der Waals surface area (Å²) in [5.74, 6) is 0.914. The van der Waals surface area contributed by atoms with E-state index < -0.39 is 0 Å². The summed E-state index contributed by atoms with van der Waals surface area (Å²) in [4.78, 5) is 2.48. The van der Waals surface area contributed by atoms with E-state index in [0.29, 0.717) is 0 Å². The molecule has 0 amide bonds. The van der Waals surface area contributed by atoms with E-state index in [2.05, 4.69) is 101 Å². The smallest absolute Gasteiger partial charge is 0.144 e. The van der Waals surface area contributed by atoms with E-state index in [9.17, 15) is 0 Å². The zero-order valence-corrected chi connectivity index (χ0v) is 21.2. The molecule has 5 rings (SSSR count). The number of ether oxygens (including phenoxy) is 2. The molecule has 0 bridgehead atoms. The van der Waals surface area contributed by atoms with E-state index in [1.165, 1.54) is 22.3 Å². The Morgan fingerprint density at radius 2 is 1.72 bits per heavy atom. The zero-order chi connectivity index (χ0) is 24.7. The second-order valence-corrected chi connectivity index (χ2v) is 9.46. The Bertz CT molecular complexity index is 1180. The number of benzene rings is 3. The molecule has 0 aliphatic carbocycles. The molecular formula is C29H35BN4O2. The van der Waals surface area contributed by atoms with Gasteiger partial charge >= 0.3 is 0 Å². The van der Waals surface area contributed by atoms with Gasteiger partial charge in [0.2, 0.25) is 0 Å². The number of morpholine rings is 1. The molecule has 0 aromatic heterocycles. The average Bonchev–Trinajstić information content (AvgIpc) is 3.35. The summed E-state index contributed by atoms with van der Waals surface area (Å²) in [6.45, 7) is 6.24. The molecule has 2 aliphatic rings. The first kappa shape index (κ1) is 24.6. The summed E-state index contributed by atoms with van der Waals surface area (Å²) in [7, 11) is 3.82. The molecule has 3 aromatic rings. The lowest BCUT2D eigenvalue weighted by molar-refractivity contribution is 0.0340. The van der Waals surface area contributed by atoms with E-state index in [1.54, 1.807) is 7.11 Å². The molecule has 2 heterocycles. The molecule has 3 aromatic carbocycles. The quantitative estimate of drug-likeness (QED) is 0.458. The summed E-state index contributed by atoms with van der Waals surface area (Å²) >= 11 is 0. The fraction of sp³-hybridized carbons (Fsp3) is 0.310. The predicted octanol–water partition coefficient (Wildman–Crippen LogP) is 2.53. The van der Waals surface area contributed by atoms with Crippen LogP contribution in [-0.2, 0) is 17.8 Å². The Kier molecular flexibility index (Phi) is 8.03. The molecule has 1 saturated heterocycles. The fourth-order valence-electron chi connectivity index (χ4n) is 4.98. The highest BCUT2D eigenvalue weighted by Crippen LogP contribution is 2.30. The zero-order valence-electron chi connectivity index (χ0n) is 21.2. The molecule has 0 spiro atoms. The van der Waals surface area contributed by atoms with Crippen LogP contribution in [0, 0.1) is 0 Å². The Morgan fingerprint density at radius 3 is 2.47 bits per heavy atom. The lowest BCUT2D eigenvalue weighted by atomic mass is 9.90. The second kappa shape index (κ2) is 11.8. The monoisotopic (exact) mass is 482 g/mol. The van der Waals surface area contributed by atoms with Gasteiger partial charge < -0.3 is 14.8 Å². The van der Waals surface area contributed by atoms with Crippen LogP contribution in [0.15, 0.2) is 84.6 Å². The molecule has 1 fully saturated rings. The van der Waals surface area contributed by atoms with Crippen LogP contribution in [0.5, 0.6) is 5.75 Å². The van der Waals surface area contributed by atoms with Gasteiger partial charge in [0.1, 0.15) is 13.6 Å². The number of nitrogens with zero attached hydrogens (tertiary/aromatic N) is 2. The standard InChI is InChI=1S/C29H35BN4O2/c1-35-28-12-11-22(17-27(28)30)29-25(21-34(32-29)26-9-3-2-4-10-26)19-31-18-23-7-5-6-8-24(23)20-33-13-15-36-16-14-33/h2-12,17,21,29,31-32H,13-16,18-20,30H2,1H3. The number of para-hydroxylation sites is 1. The molecule has 2 aliphatic heterocycles. The van der Waals surface area contributed by atoms with Crippen LogP contribution >= 0.6 is 0 Å². The minimum absolute atomic E-state index is 0.0888. The van der Waals surface area contributed by atoms with Crippen LogP contribution in [-0.4, -0.2) is 52.7 Å². The summed E-state index contributed by atoms with van der Waals surface area (Å²) in [5.41, 5.74) is 11.2. The van der Waals surface area contributed by atoms with Gasteiger partial charge in [0.25, 0.3) is 0 Å². The van der Waals surface area contributed by atoms with Crippen molar-refractivity contribution in [1.29, 1.82) is 0 Å². The van der Waals surface area contributed by atoms with Crippen molar-refractivity contribution in [2.45, 2.75) is 19.1 Å². The van der Waals surface area contributed by atoms with Crippen molar-refractivity contribution in [2.75, 3.05) is 45.0 Å². The maximum Gasteiger partial charge on any atom is 0.144 e. The minimum Gasteiger partial charge on any atom is -0.497 e. The van der Waals surface area contributed by atoms with Crippen LogP contribution in [0.3, 0.4) is 0 Å². The number of anilines is 1. The van der Waals surface area contributed by atoms with Crippen LogP contribution in [0.4, 0.5) is 5.69 Å². The normalized spacial score (nSPS) is 18.3. The summed E-state index contributed by atoms with van der Waals surface area (Å²) in [6, 6.07) is 25.7. The molecular weight excluding hydrogens is 447 g/mol. The van der Waals surface area contributed by atoms with Crippen LogP contribution in [0.1, 0.15) is 22.7 Å². The van der Waals surface area contributed by atoms with E-state index in [-0.39, 0.29) is 6.04 Å². The first-order valence-corrected chi connectivity index (χ1v) is 12.7. The van der Waals surface area contributed by atoms with Crippen LogP contribution < -0.4 is 26.0 Å². The molecule has 0 radical (unpaired) electrons. The SMILES string of the molecule is Bc1cc(C2NN(c3ccccc3)C=C2CNCc2ccccc2CN2CCOCC2)ccc1OC. The van der Waals surface area contributed by atoms with Crippen molar-refractivity contribution in [2.24, 2.45) is 0 Å². The number of methoxy groups -OCH3 is 1. The molecule has 7 heteroatoms. The fourth-order valence-corrected chi connectivity index (χ4v) is 4.98. The van der Waals surface area contributed by atoms with Gasteiger partial charge in [-0.1, -0.05) is 54.6 Å². The number of nitrogens with one attached hydrogen (secondary N) is 2. The maximum atomic E-state index is 5.52. The second-order valence-electron chi connectivity index (χ2n) is 9.46. The summed E-state index contributed by atoms with van der Waals surface area (Å²) in [5, 5.41) is 5.86. The van der Waals surface area contributed by atoms with Crippen molar-refractivity contribution >= 4 is 19.0 Å². The highest BCUT2D eigenvalue weighted by Gasteiger charge is 2.26. The van der Waals surface area contributed by atoms with Gasteiger partial charge in [-0.15, -0.1) is 0 Å². The Morgan fingerprint density at radius 1 is 0.972 bits per heavy atom. The van der Waals surface area contributed by atoms with Crippen LogP contribution in [0.25, 0.3) is 0 Å². The van der Waals surface area contributed by atoms with Crippen molar-refractivity contribution in [3.05, 3.63) is 101 Å². The van der Waals surface area contributed by atoms with Gasteiger partial charge in [0.15, 0.2) is 0 Å². The maximum absolute atomic E-state index is 5.52. The average molecular weight is 482 g/mol. The van der Waals surface area contributed by atoms with Gasteiger partial charge in [-0.2, -0.15) is 0 Å². The van der Waals surface area contributed by atoms with Gasteiger partial charge in [0, 0.05) is 38.9 Å². The Balaban J connectivity index is 1.30. The van der Waals surface area contributed by atoms with E-state index >= 15 is 0 Å². The largest absolute Gasteiger partial charge is 0.497 e. The van der Waals surface area contributed by atoms with Gasteiger partial charge in [-0.25, -0.2) is 5.43 Å². The molecule has 36 heavy (non-hydrogen) atoms. The predicted molar refractivity (Wildman–Crippen MR) is 148 cm³/mol. The number of hydrogen-bond donors (Lipinski definition) is 2. The molecule has 0 saturated carbocycles. The van der Waals surface area contributed by atoms with Crippen molar-refractivity contribution in [3.63, 3.8) is 0 Å². The van der Waals surface area contributed by atoms with E-state index in [4.69, 9.17) is 9.47 Å². The highest BCUT2D eigenvalue weighted by molar-refractivity contribution is 6.34. The van der Waals surface area contributed by atoms with Gasteiger partial charge in [-0.3, -0.25) is 9.91 Å². The van der Waals surface area contributed by atoms with Gasteiger partial charge in [0.05, 0.1) is 32.1 Å². The van der Waals surface area contributed by atoms with Crippen molar-refractivity contribution < 1.29 is 9.47 Å². The molecule has 1 unspecified atom stereocenters. The molecule has 2 N–H and O–H groups in total. The van der Waals surface area contributed by atoms with Crippen LogP contribution in [0.2, 0.25) is 0 Å². The summed E-state index contributed by atoms with van der Waals surface area (Å²) < 4.78 is 11.0. The third kappa shape index (κ3) is 5.82. The molecule has 186 valence electrons. The number of rotatable bonds is 9. The van der Waals surface area contributed by atoms with Crippen molar-refractivity contribution in [3.8, 4) is 5.75 Å². The van der Waals surface area contributed by atoms with Gasteiger partial charge in [-0.05, 0) is 45.9 Å². The van der Waals surface area contributed by atoms with E-state index in [1.807, 2.05) is 6.07 Å². The minimum atomic E-state index is 0.0888. The molecule has 6 nitrogen and oxygen atoms in total. The third-order valence-electron chi connectivity index (χ3n) is 6.98. The topological polar surface area (TPSA) is 49.0 Å². The molecule has 1 atom stereocenters. The highest BCUT2D eigenvalue weighted by atomic mass is 16.5. The summed E-state index contributed by atoms with van der Waals surface area (Å²) in [6.07, 6.45) is 2.23. The lowest BCUT2D eigenvalue weighted by Crippen LogP contribution is -2.36. The van der Waals surface area contributed by atoms with Crippen molar-refractivity contribution in [1.82, 2.24) is 15.6 Å². The Labute approximate surface area is 215 Å². The third-order valence-corrected chi connectivity index (χ3v) is 6.98. The Hall–Kier alpha value is -3.10.